The molecular formula is C23H25NO7S. The first kappa shape index (κ1) is 22.6. The molecular weight excluding hydrogens is 434 g/mol. The summed E-state index contributed by atoms with van der Waals surface area (Å²) >= 11 is -2.35. The van der Waals surface area contributed by atoms with Gasteiger partial charge >= 0.3 is 17.3 Å². The van der Waals surface area contributed by atoms with E-state index in [1.165, 1.54) is 0 Å². The first-order valence-corrected chi connectivity index (χ1v) is 11.5. The Balaban J connectivity index is 1.37. The molecule has 9 heteroatoms. The van der Waals surface area contributed by atoms with Gasteiger partial charge in [-0.05, 0) is 64.0 Å². The number of imide groups is 1. The number of hydrogen-bond acceptors (Lipinski definition) is 7. The number of hydrogen-bond donors (Lipinski definition) is 0. The van der Waals surface area contributed by atoms with Crippen molar-refractivity contribution in [2.45, 2.75) is 58.2 Å². The lowest BCUT2D eigenvalue weighted by molar-refractivity contribution is -0.161. The molecule has 32 heavy (non-hydrogen) atoms. The fourth-order valence-electron chi connectivity index (χ4n) is 4.05. The van der Waals surface area contributed by atoms with Crippen molar-refractivity contribution in [2.75, 3.05) is 0 Å². The highest BCUT2D eigenvalue weighted by Crippen LogP contribution is 2.32. The lowest BCUT2D eigenvalue weighted by atomic mass is 9.87. The van der Waals surface area contributed by atoms with Gasteiger partial charge < -0.3 is 4.74 Å². The van der Waals surface area contributed by atoms with E-state index in [9.17, 15) is 18.6 Å². The van der Waals surface area contributed by atoms with Crippen LogP contribution in [-0.4, -0.2) is 38.8 Å². The molecule has 4 rings (SSSR count). The van der Waals surface area contributed by atoms with Crippen molar-refractivity contribution in [3.8, 4) is 0 Å². The van der Waals surface area contributed by atoms with Crippen molar-refractivity contribution in [2.24, 2.45) is 5.92 Å². The van der Waals surface area contributed by atoms with E-state index in [4.69, 9.17) is 13.2 Å². The summed E-state index contributed by atoms with van der Waals surface area (Å²) in [6.45, 7) is 5.46. The van der Waals surface area contributed by atoms with E-state index in [1.807, 2.05) is 32.9 Å². The van der Waals surface area contributed by atoms with Crippen LogP contribution in [0.5, 0.6) is 0 Å². The molecule has 2 aromatic rings. The first-order chi connectivity index (χ1) is 15.1. The molecule has 1 aliphatic carbocycles. The average Bonchev–Trinajstić information content (AvgIpc) is 2.74. The maximum Gasteiger partial charge on any atom is 0.328 e. The number of benzene rings is 2. The third kappa shape index (κ3) is 4.60. The fourth-order valence-corrected chi connectivity index (χ4v) is 4.75. The van der Waals surface area contributed by atoms with Crippen LogP contribution in [0.4, 0.5) is 0 Å². The van der Waals surface area contributed by atoms with Crippen molar-refractivity contribution < 1.29 is 31.8 Å². The van der Waals surface area contributed by atoms with Crippen LogP contribution in [0.15, 0.2) is 36.4 Å². The molecule has 8 nitrogen and oxygen atoms in total. The van der Waals surface area contributed by atoms with Crippen LogP contribution in [0.2, 0.25) is 0 Å². The van der Waals surface area contributed by atoms with Gasteiger partial charge in [-0.25, -0.2) is 0 Å². The van der Waals surface area contributed by atoms with Gasteiger partial charge in [0.15, 0.2) is 0 Å². The molecule has 0 saturated heterocycles. The molecule has 1 unspecified atom stereocenters. The summed E-state index contributed by atoms with van der Waals surface area (Å²) in [4.78, 5) is 37.9. The minimum atomic E-state index is -2.35. The van der Waals surface area contributed by atoms with Crippen LogP contribution in [-0.2, 0) is 29.4 Å². The second kappa shape index (κ2) is 8.73. The predicted octanol–water partition coefficient (Wildman–Crippen LogP) is 3.86. The molecule has 0 aromatic heterocycles. The number of ether oxygens (including phenoxy) is 1. The Morgan fingerprint density at radius 2 is 1.53 bits per heavy atom. The maximum atomic E-state index is 12.8. The summed E-state index contributed by atoms with van der Waals surface area (Å²) in [6, 6.07) is 10.2. The Morgan fingerprint density at radius 3 is 2.06 bits per heavy atom. The van der Waals surface area contributed by atoms with E-state index in [-0.39, 0.29) is 11.9 Å². The lowest BCUT2D eigenvalue weighted by Gasteiger charge is -2.29. The van der Waals surface area contributed by atoms with Crippen LogP contribution < -0.4 is 0 Å². The minimum Gasteiger partial charge on any atom is -0.460 e. The van der Waals surface area contributed by atoms with Gasteiger partial charge in [-0.3, -0.25) is 18.6 Å². The molecule has 1 fully saturated rings. The second-order valence-electron chi connectivity index (χ2n) is 9.00. The standard InChI is InChI=1S/C23H25NO7S/c1-23(2,3)29-22(27)15-10-12-16(13-11-15)30-32(28)31-24-20(25)17-8-4-6-14-7-5-9-18(19(14)17)21(24)26/h4-9,15-16H,10-13H2,1-3H3. The maximum absolute atomic E-state index is 12.8. The largest absolute Gasteiger partial charge is 0.460 e. The molecule has 170 valence electrons. The van der Waals surface area contributed by atoms with Crippen LogP contribution in [0, 0.1) is 5.92 Å². The van der Waals surface area contributed by atoms with Crippen molar-refractivity contribution in [3.05, 3.63) is 47.5 Å². The Bertz CT molecular complexity index is 1050. The summed E-state index contributed by atoms with van der Waals surface area (Å²) in [5, 5.41) is 1.82. The lowest BCUT2D eigenvalue weighted by Crippen LogP contribution is -2.41. The number of hydroxylamine groups is 2. The van der Waals surface area contributed by atoms with Crippen LogP contribution in [0.25, 0.3) is 10.8 Å². The van der Waals surface area contributed by atoms with E-state index in [2.05, 4.69) is 0 Å². The number of carbonyl (C=O) groups excluding carboxylic acids is 3. The van der Waals surface area contributed by atoms with Gasteiger partial charge in [-0.1, -0.05) is 24.3 Å². The molecule has 2 aliphatic rings. The van der Waals surface area contributed by atoms with Crippen molar-refractivity contribution in [3.63, 3.8) is 0 Å². The van der Waals surface area contributed by atoms with Gasteiger partial charge in [0.1, 0.15) is 5.60 Å². The summed E-state index contributed by atoms with van der Waals surface area (Å²) in [7, 11) is 0. The summed E-state index contributed by atoms with van der Waals surface area (Å²) in [6.07, 6.45) is 1.63. The minimum absolute atomic E-state index is 0.231. The van der Waals surface area contributed by atoms with E-state index >= 15 is 0 Å². The molecule has 0 radical (unpaired) electrons. The SMILES string of the molecule is CC(C)(C)OC(=O)C1CCC(OS(=O)ON2C(=O)c3cccc4cccc(c34)C2=O)CC1. The average molecular weight is 460 g/mol. The van der Waals surface area contributed by atoms with E-state index in [0.29, 0.717) is 47.3 Å². The molecule has 1 atom stereocenters. The fraction of sp³-hybridized carbons (Fsp3) is 0.435. The molecule has 0 N–H and O–H groups in total. The molecule has 2 amide bonds. The van der Waals surface area contributed by atoms with Crippen LogP contribution >= 0.6 is 0 Å². The second-order valence-corrected chi connectivity index (χ2v) is 9.75. The van der Waals surface area contributed by atoms with E-state index in [1.54, 1.807) is 24.3 Å². The Morgan fingerprint density at radius 1 is 0.969 bits per heavy atom. The number of carbonyl (C=O) groups is 3. The zero-order valence-electron chi connectivity index (χ0n) is 18.2. The van der Waals surface area contributed by atoms with Crippen LogP contribution in [0.3, 0.4) is 0 Å². The molecule has 0 bridgehead atoms. The third-order valence-corrected chi connectivity index (χ3v) is 6.20. The first-order valence-electron chi connectivity index (χ1n) is 10.5. The Hall–Kier alpha value is -2.62. The van der Waals surface area contributed by atoms with Gasteiger partial charge in [0.05, 0.1) is 23.1 Å². The highest BCUT2D eigenvalue weighted by Gasteiger charge is 2.37. The van der Waals surface area contributed by atoms with Gasteiger partial charge in [0, 0.05) is 5.39 Å². The normalized spacial score (nSPS) is 22.2. The third-order valence-electron chi connectivity index (χ3n) is 5.50. The van der Waals surface area contributed by atoms with Crippen molar-refractivity contribution in [1.82, 2.24) is 5.06 Å². The number of amides is 2. The summed E-state index contributed by atoms with van der Waals surface area (Å²) in [5.74, 6) is -1.86. The zero-order valence-corrected chi connectivity index (χ0v) is 19.0. The van der Waals surface area contributed by atoms with E-state index in [0.717, 1.165) is 5.39 Å². The quantitative estimate of drug-likeness (QED) is 0.494. The van der Waals surface area contributed by atoms with Crippen LogP contribution in [0.1, 0.15) is 67.2 Å². The predicted molar refractivity (Wildman–Crippen MR) is 116 cm³/mol. The molecule has 1 saturated carbocycles. The molecule has 1 heterocycles. The van der Waals surface area contributed by atoms with Gasteiger partial charge in [0.25, 0.3) is 11.8 Å². The molecule has 0 spiro atoms. The summed E-state index contributed by atoms with van der Waals surface area (Å²) in [5.41, 5.74) is 0.0519. The highest BCUT2D eigenvalue weighted by molar-refractivity contribution is 7.75. The van der Waals surface area contributed by atoms with Crippen molar-refractivity contribution in [1.29, 1.82) is 0 Å². The van der Waals surface area contributed by atoms with Crippen molar-refractivity contribution >= 4 is 39.9 Å². The molecule has 2 aromatic carbocycles. The van der Waals surface area contributed by atoms with E-state index < -0.39 is 34.9 Å². The monoisotopic (exact) mass is 459 g/mol. The smallest absolute Gasteiger partial charge is 0.328 e. The van der Waals surface area contributed by atoms with Gasteiger partial charge in [0.2, 0.25) is 0 Å². The van der Waals surface area contributed by atoms with Gasteiger partial charge in [-0.15, -0.1) is 9.35 Å². The highest BCUT2D eigenvalue weighted by atomic mass is 32.2. The van der Waals surface area contributed by atoms with Gasteiger partial charge in [-0.2, -0.15) is 4.21 Å². The number of nitrogens with zero attached hydrogens (tertiary/aromatic N) is 1. The Labute approximate surface area is 188 Å². The number of esters is 1. The Kier molecular flexibility index (Phi) is 6.15. The number of rotatable bonds is 5. The zero-order chi connectivity index (χ0) is 23.0. The molecule has 1 aliphatic heterocycles. The summed E-state index contributed by atoms with van der Waals surface area (Å²) < 4.78 is 28.5. The topological polar surface area (TPSA) is 99.2 Å².